The number of allylic oxidation sites excluding steroid dienone is 4. The Kier molecular flexibility index (Phi) is 11.2. The number of hydrogen-bond donors (Lipinski definition) is 0. The van der Waals surface area contributed by atoms with Gasteiger partial charge in [0, 0.05) is 5.41 Å². The second-order valence-corrected chi connectivity index (χ2v) is 19.5. The Bertz CT molecular complexity index is 2050. The van der Waals surface area contributed by atoms with E-state index in [1.807, 2.05) is 0 Å². The molecule has 5 heterocycles. The Labute approximate surface area is 317 Å². The molecule has 0 saturated heterocycles. The molecule has 3 atom stereocenters. The third-order valence-electron chi connectivity index (χ3n) is 11.6. The number of rotatable bonds is 10. The molecule has 0 fully saturated rings. The van der Waals surface area contributed by atoms with Crippen molar-refractivity contribution < 1.29 is 20.9 Å². The van der Waals surface area contributed by atoms with E-state index >= 15 is 0 Å². The molecule has 8 heteroatoms. The van der Waals surface area contributed by atoms with Gasteiger partial charge in [0.2, 0.25) is 0 Å². The maximum absolute atomic E-state index is 11.5. The fraction of sp³-hybridized carbons (Fsp3) is 0.512. The zero-order valence-corrected chi connectivity index (χ0v) is 34.6. The second kappa shape index (κ2) is 14.6. The average Bonchev–Trinajstić information content (AvgIpc) is 3.81. The number of aromatic nitrogens is 4. The molecule has 6 rings (SSSR count). The Hall–Kier alpha value is -3.24. The molecule has 3 aliphatic heterocycles. The van der Waals surface area contributed by atoms with E-state index in [2.05, 4.69) is 111 Å². The van der Waals surface area contributed by atoms with Crippen LogP contribution in [0.5, 0.6) is 0 Å². The van der Waals surface area contributed by atoms with Crippen LogP contribution in [0.25, 0.3) is 39.4 Å². The minimum absolute atomic E-state index is 0. The molecule has 1 unspecified atom stereocenters. The van der Waals surface area contributed by atoms with Crippen molar-refractivity contribution in [3.63, 3.8) is 0 Å². The van der Waals surface area contributed by atoms with Crippen molar-refractivity contribution in [3.05, 3.63) is 75.1 Å². The SMILES string of the molecule is CCC1=C(CC)c2cc3[n-]c(cc4nc(c5c6[n-]c(cc1n2)[C@](C#N)(CC)[C@@]6(CC)C(O[Si](C)(C)C)C=C5)C(CC)=C4CC)c(CC)c3CC.[Ni+2]. The Morgan fingerprint density at radius 2 is 1.25 bits per heavy atom. The second-order valence-electron chi connectivity index (χ2n) is 15.0. The zero-order chi connectivity index (χ0) is 36.2. The van der Waals surface area contributed by atoms with Gasteiger partial charge in [-0.1, -0.05) is 96.9 Å². The first-order chi connectivity index (χ1) is 24.0. The molecule has 2 aromatic heterocycles. The summed E-state index contributed by atoms with van der Waals surface area (Å²) in [6.07, 6.45) is 10.7. The van der Waals surface area contributed by atoms with Crippen LogP contribution >= 0.6 is 0 Å². The van der Waals surface area contributed by atoms with Gasteiger partial charge < -0.3 is 14.4 Å². The van der Waals surface area contributed by atoms with Gasteiger partial charge in [-0.05, 0) is 98.9 Å². The molecule has 0 spiro atoms. The van der Waals surface area contributed by atoms with Crippen molar-refractivity contribution in [2.24, 2.45) is 0 Å². The van der Waals surface area contributed by atoms with E-state index in [4.69, 9.17) is 24.4 Å². The first kappa shape index (κ1) is 39.0. The summed E-state index contributed by atoms with van der Waals surface area (Å²) in [6.45, 7) is 24.4. The molecule has 8 bridgehead atoms. The third-order valence-corrected chi connectivity index (χ3v) is 12.6. The van der Waals surface area contributed by atoms with Gasteiger partial charge in [-0.2, -0.15) is 5.26 Å². The van der Waals surface area contributed by atoms with Crippen molar-refractivity contribution in [1.29, 1.82) is 5.26 Å². The van der Waals surface area contributed by atoms with E-state index in [0.717, 1.165) is 89.3 Å². The Morgan fingerprint density at radius 1 is 0.725 bits per heavy atom. The van der Waals surface area contributed by atoms with Crippen LogP contribution < -0.4 is 9.97 Å². The zero-order valence-electron chi connectivity index (χ0n) is 32.6. The molecule has 6 nitrogen and oxygen atoms in total. The third kappa shape index (κ3) is 5.83. The molecule has 4 aliphatic rings. The van der Waals surface area contributed by atoms with Crippen LogP contribution in [0.15, 0.2) is 24.3 Å². The van der Waals surface area contributed by atoms with Gasteiger partial charge in [0.05, 0.1) is 40.4 Å². The van der Waals surface area contributed by atoms with Gasteiger partial charge in [-0.3, -0.25) is 0 Å². The summed E-state index contributed by atoms with van der Waals surface area (Å²) in [7, 11) is -2.04. The number of nitrogens with zero attached hydrogens (tertiary/aromatic N) is 5. The van der Waals surface area contributed by atoms with Crippen LogP contribution in [0.1, 0.15) is 145 Å². The molecule has 2 aromatic rings. The molecule has 1 aliphatic carbocycles. The fourth-order valence-corrected chi connectivity index (χ4v) is 10.4. The predicted octanol–water partition coefficient (Wildman–Crippen LogP) is 10.6. The maximum atomic E-state index is 11.5. The number of hydrogen-bond acceptors (Lipinski definition) is 4. The first-order valence-corrected chi connectivity index (χ1v) is 22.6. The van der Waals surface area contributed by atoms with Crippen LogP contribution in [0.4, 0.5) is 0 Å². The average molecular weight is 745 g/mol. The van der Waals surface area contributed by atoms with Crippen molar-refractivity contribution in [2.45, 2.75) is 143 Å². The van der Waals surface area contributed by atoms with E-state index < -0.39 is 19.1 Å². The van der Waals surface area contributed by atoms with E-state index in [1.165, 1.54) is 33.4 Å². The summed E-state index contributed by atoms with van der Waals surface area (Å²) in [4.78, 5) is 21.8. The van der Waals surface area contributed by atoms with Crippen LogP contribution in [-0.4, -0.2) is 24.4 Å². The van der Waals surface area contributed by atoms with Gasteiger partial charge in [-0.15, -0.1) is 22.4 Å². The molecule has 0 saturated carbocycles. The minimum atomic E-state index is -2.04. The van der Waals surface area contributed by atoms with Crippen LogP contribution in [0, 0.1) is 11.3 Å². The van der Waals surface area contributed by atoms with E-state index in [0.29, 0.717) is 12.8 Å². The largest absolute Gasteiger partial charge is 2.00 e. The van der Waals surface area contributed by atoms with Crippen molar-refractivity contribution in [3.8, 4) is 6.07 Å². The van der Waals surface area contributed by atoms with Crippen LogP contribution in [0.3, 0.4) is 0 Å². The van der Waals surface area contributed by atoms with Gasteiger partial charge in [0.25, 0.3) is 0 Å². The molecule has 0 aromatic carbocycles. The summed E-state index contributed by atoms with van der Waals surface area (Å²) < 4.78 is 7.07. The Balaban J connectivity index is 0.00000504. The summed E-state index contributed by atoms with van der Waals surface area (Å²) >= 11 is 0. The van der Waals surface area contributed by atoms with Gasteiger partial charge in [0.15, 0.2) is 8.32 Å². The molecule has 0 amide bonds. The minimum Gasteiger partial charge on any atom is -0.662 e. The predicted molar refractivity (Wildman–Crippen MR) is 211 cm³/mol. The monoisotopic (exact) mass is 743 g/mol. The topological polar surface area (TPSA) is 87.0 Å². The first-order valence-electron chi connectivity index (χ1n) is 19.2. The molecule has 0 N–H and O–H groups in total. The smallest absolute Gasteiger partial charge is 0.662 e. The molecule has 51 heavy (non-hydrogen) atoms. The Morgan fingerprint density at radius 3 is 1.73 bits per heavy atom. The van der Waals surface area contributed by atoms with Gasteiger partial charge >= 0.3 is 16.5 Å². The molecule has 272 valence electrons. The van der Waals surface area contributed by atoms with Crippen LogP contribution in [0.2, 0.25) is 19.6 Å². The van der Waals surface area contributed by atoms with Gasteiger partial charge in [0.1, 0.15) is 0 Å². The molecule has 0 radical (unpaired) electrons. The number of fused-ring (bicyclic) bond motifs is 8. The summed E-state index contributed by atoms with van der Waals surface area (Å²) in [5.41, 5.74) is 14.6. The standard InChI is InChI=1S/C43H55N5OSi.Ni/c1-12-26-27(13-2)35-23-36-30(16-5)31(17-6)40(47-36)32-20-21-39(49-50(9,10)11)43(19-8)41(32)48-38(42(43,18-7)25-44)24-37-29(15-4)28(14-3)34(46-37)22-33(26)45-35;/h20-24,39H,12-19H2,1-11H3;/q-2;+2/t39?,42-,43+;/m1./s1. The molecular weight excluding hydrogens is 689 g/mol. The van der Waals surface area contributed by atoms with Crippen LogP contribution in [-0.2, 0) is 44.6 Å². The summed E-state index contributed by atoms with van der Waals surface area (Å²) in [5.74, 6) is 0. The normalized spacial score (nSPS) is 21.9. The van der Waals surface area contributed by atoms with Crippen molar-refractivity contribution in [2.75, 3.05) is 0 Å². The van der Waals surface area contributed by atoms with E-state index in [1.54, 1.807) is 0 Å². The van der Waals surface area contributed by atoms with Crippen molar-refractivity contribution >= 4 is 47.7 Å². The maximum Gasteiger partial charge on any atom is 2.00 e. The quantitative estimate of drug-likeness (QED) is 0.225. The fourth-order valence-electron chi connectivity index (χ4n) is 9.38. The summed E-state index contributed by atoms with van der Waals surface area (Å²) in [6, 6.07) is 9.51. The van der Waals surface area contributed by atoms with E-state index in [-0.39, 0.29) is 22.6 Å². The summed E-state index contributed by atoms with van der Waals surface area (Å²) in [5, 5.41) is 11.5. The number of aryl methyl sites for hydroxylation is 2. The van der Waals surface area contributed by atoms with E-state index in [9.17, 15) is 5.26 Å². The number of nitriles is 1. The van der Waals surface area contributed by atoms with Crippen molar-refractivity contribution in [1.82, 2.24) is 19.9 Å². The molecular formula is C43H55N5NiOSi. The van der Waals surface area contributed by atoms with Gasteiger partial charge in [-0.25, -0.2) is 9.97 Å².